The van der Waals surface area contributed by atoms with E-state index in [2.05, 4.69) is 39.8 Å². The van der Waals surface area contributed by atoms with Gasteiger partial charge in [-0.1, -0.05) is 6.42 Å². The number of anilines is 1. The molecule has 0 radical (unpaired) electrons. The predicted octanol–water partition coefficient (Wildman–Crippen LogP) is 2.89. The quantitative estimate of drug-likeness (QED) is 0.802. The van der Waals surface area contributed by atoms with E-state index < -0.39 is 0 Å². The van der Waals surface area contributed by atoms with Crippen molar-refractivity contribution in [2.24, 2.45) is 0 Å². The molecule has 0 bridgehead atoms. The Bertz CT molecular complexity index is 385. The van der Waals surface area contributed by atoms with Gasteiger partial charge >= 0.3 is 0 Å². The number of nitrogens with zero attached hydrogens (tertiary/aromatic N) is 3. The highest BCUT2D eigenvalue weighted by atomic mass is 15.2. The number of rotatable bonds is 6. The Balaban J connectivity index is 1.71. The Morgan fingerprint density at radius 1 is 1.42 bits per heavy atom. The maximum absolute atomic E-state index is 4.52. The van der Waals surface area contributed by atoms with E-state index in [1.165, 1.54) is 38.8 Å². The zero-order valence-electron chi connectivity index (χ0n) is 12.7. The standard InChI is InChI=1S/C15H28N4/c1-4-18-12-13(2)17-15(18)16-9-7-11-19-10-6-5-8-14(19)3/h12,14H,4-11H2,1-3H3,(H,16,17). The molecule has 108 valence electrons. The summed E-state index contributed by atoms with van der Waals surface area (Å²) in [6, 6.07) is 0.772. The van der Waals surface area contributed by atoms with Crippen molar-refractivity contribution in [2.45, 2.75) is 59.0 Å². The molecular weight excluding hydrogens is 236 g/mol. The summed E-state index contributed by atoms with van der Waals surface area (Å²) in [4.78, 5) is 7.15. The van der Waals surface area contributed by atoms with E-state index in [1.54, 1.807) is 0 Å². The molecule has 0 aromatic carbocycles. The first-order valence-corrected chi connectivity index (χ1v) is 7.72. The Labute approximate surface area is 117 Å². The maximum atomic E-state index is 4.52. The average Bonchev–Trinajstić information content (AvgIpc) is 2.77. The van der Waals surface area contributed by atoms with Crippen molar-refractivity contribution in [2.75, 3.05) is 25.0 Å². The Morgan fingerprint density at radius 3 is 3.00 bits per heavy atom. The summed E-state index contributed by atoms with van der Waals surface area (Å²) in [5.74, 6) is 1.02. The van der Waals surface area contributed by atoms with Gasteiger partial charge in [0.25, 0.3) is 0 Å². The molecular formula is C15H28N4. The van der Waals surface area contributed by atoms with Crippen molar-refractivity contribution >= 4 is 5.95 Å². The summed E-state index contributed by atoms with van der Waals surface area (Å²) in [6.45, 7) is 11.0. The summed E-state index contributed by atoms with van der Waals surface area (Å²) in [6.07, 6.45) is 7.45. The average molecular weight is 264 g/mol. The number of piperidine rings is 1. The van der Waals surface area contributed by atoms with Crippen LogP contribution in [-0.4, -0.2) is 40.1 Å². The normalized spacial score (nSPS) is 20.7. The first-order valence-electron chi connectivity index (χ1n) is 7.72. The molecule has 4 heteroatoms. The summed E-state index contributed by atoms with van der Waals surface area (Å²) >= 11 is 0. The fraction of sp³-hybridized carbons (Fsp3) is 0.800. The molecule has 1 unspecified atom stereocenters. The van der Waals surface area contributed by atoms with Crippen LogP contribution < -0.4 is 5.32 Å². The van der Waals surface area contributed by atoms with Crippen LogP contribution in [0.2, 0.25) is 0 Å². The zero-order chi connectivity index (χ0) is 13.7. The maximum Gasteiger partial charge on any atom is 0.203 e. The highest BCUT2D eigenvalue weighted by Crippen LogP contribution is 2.16. The summed E-state index contributed by atoms with van der Waals surface area (Å²) in [5, 5.41) is 3.46. The van der Waals surface area contributed by atoms with E-state index in [0.717, 1.165) is 30.8 Å². The number of likely N-dealkylation sites (tertiary alicyclic amines) is 1. The van der Waals surface area contributed by atoms with Crippen molar-refractivity contribution in [3.63, 3.8) is 0 Å². The first kappa shape index (κ1) is 14.4. The van der Waals surface area contributed by atoms with Gasteiger partial charge in [-0.25, -0.2) is 4.98 Å². The Kier molecular flexibility index (Phi) is 5.25. The minimum absolute atomic E-state index is 0.772. The van der Waals surface area contributed by atoms with Gasteiger partial charge in [0.2, 0.25) is 5.95 Å². The summed E-state index contributed by atoms with van der Waals surface area (Å²) < 4.78 is 2.18. The molecule has 4 nitrogen and oxygen atoms in total. The lowest BCUT2D eigenvalue weighted by Crippen LogP contribution is -2.38. The number of hydrogen-bond acceptors (Lipinski definition) is 3. The van der Waals surface area contributed by atoms with Crippen molar-refractivity contribution < 1.29 is 0 Å². The first-order chi connectivity index (χ1) is 9.20. The largest absolute Gasteiger partial charge is 0.356 e. The topological polar surface area (TPSA) is 33.1 Å². The van der Waals surface area contributed by atoms with Crippen molar-refractivity contribution in [1.29, 1.82) is 0 Å². The number of aromatic nitrogens is 2. The third-order valence-corrected chi connectivity index (χ3v) is 4.08. The lowest BCUT2D eigenvalue weighted by Gasteiger charge is -2.33. The van der Waals surface area contributed by atoms with Crippen LogP contribution in [0.1, 0.15) is 45.2 Å². The molecule has 1 atom stereocenters. The van der Waals surface area contributed by atoms with Crippen LogP contribution in [0.25, 0.3) is 0 Å². The van der Waals surface area contributed by atoms with Gasteiger partial charge in [-0.15, -0.1) is 0 Å². The SMILES string of the molecule is CCn1cc(C)nc1NCCCN1CCCCC1C. The minimum atomic E-state index is 0.772. The number of nitrogens with one attached hydrogen (secondary N) is 1. The van der Waals surface area contributed by atoms with Gasteiger partial charge < -0.3 is 14.8 Å². The van der Waals surface area contributed by atoms with Gasteiger partial charge in [0.15, 0.2) is 0 Å². The molecule has 1 N–H and O–H groups in total. The molecule has 1 saturated heterocycles. The lowest BCUT2D eigenvalue weighted by molar-refractivity contribution is 0.160. The molecule has 2 rings (SSSR count). The van der Waals surface area contributed by atoms with E-state index in [4.69, 9.17) is 0 Å². The van der Waals surface area contributed by atoms with E-state index >= 15 is 0 Å². The lowest BCUT2D eigenvalue weighted by atomic mass is 10.0. The van der Waals surface area contributed by atoms with Crippen LogP contribution in [0.3, 0.4) is 0 Å². The second-order valence-corrected chi connectivity index (χ2v) is 5.65. The second-order valence-electron chi connectivity index (χ2n) is 5.65. The van der Waals surface area contributed by atoms with Crippen molar-refractivity contribution in [3.8, 4) is 0 Å². The number of imidazole rings is 1. The summed E-state index contributed by atoms with van der Waals surface area (Å²) in [7, 11) is 0. The van der Waals surface area contributed by atoms with E-state index in [9.17, 15) is 0 Å². The Hall–Kier alpha value is -1.03. The van der Waals surface area contributed by atoms with Crippen LogP contribution in [0.15, 0.2) is 6.20 Å². The van der Waals surface area contributed by atoms with Crippen molar-refractivity contribution in [3.05, 3.63) is 11.9 Å². The molecule has 1 aromatic rings. The Morgan fingerprint density at radius 2 is 2.26 bits per heavy atom. The predicted molar refractivity (Wildman–Crippen MR) is 80.6 cm³/mol. The molecule has 1 aliphatic heterocycles. The van der Waals surface area contributed by atoms with Crippen LogP contribution in [-0.2, 0) is 6.54 Å². The van der Waals surface area contributed by atoms with E-state index in [-0.39, 0.29) is 0 Å². The minimum Gasteiger partial charge on any atom is -0.356 e. The summed E-state index contributed by atoms with van der Waals surface area (Å²) in [5.41, 5.74) is 1.09. The van der Waals surface area contributed by atoms with Gasteiger partial charge in [0, 0.05) is 31.9 Å². The van der Waals surface area contributed by atoms with E-state index in [1.807, 2.05) is 6.92 Å². The molecule has 0 spiro atoms. The van der Waals surface area contributed by atoms with Crippen LogP contribution in [0.4, 0.5) is 5.95 Å². The monoisotopic (exact) mass is 264 g/mol. The second kappa shape index (κ2) is 6.94. The van der Waals surface area contributed by atoms with Gasteiger partial charge in [-0.05, 0) is 46.6 Å². The van der Waals surface area contributed by atoms with Crippen LogP contribution in [0, 0.1) is 6.92 Å². The van der Waals surface area contributed by atoms with Crippen molar-refractivity contribution in [1.82, 2.24) is 14.5 Å². The van der Waals surface area contributed by atoms with Gasteiger partial charge in [0.1, 0.15) is 0 Å². The molecule has 1 aliphatic rings. The van der Waals surface area contributed by atoms with Gasteiger partial charge in [0.05, 0.1) is 5.69 Å². The number of aryl methyl sites for hydroxylation is 2. The molecule has 0 amide bonds. The van der Waals surface area contributed by atoms with E-state index in [0.29, 0.717) is 0 Å². The molecule has 1 fully saturated rings. The molecule has 0 saturated carbocycles. The van der Waals surface area contributed by atoms with Crippen LogP contribution in [0.5, 0.6) is 0 Å². The van der Waals surface area contributed by atoms with Crippen LogP contribution >= 0.6 is 0 Å². The third kappa shape index (κ3) is 3.96. The molecule has 1 aromatic heterocycles. The van der Waals surface area contributed by atoms with Gasteiger partial charge in [-0.2, -0.15) is 0 Å². The molecule has 0 aliphatic carbocycles. The zero-order valence-corrected chi connectivity index (χ0v) is 12.7. The third-order valence-electron chi connectivity index (χ3n) is 4.08. The number of hydrogen-bond donors (Lipinski definition) is 1. The highest BCUT2D eigenvalue weighted by Gasteiger charge is 2.17. The molecule has 19 heavy (non-hydrogen) atoms. The van der Waals surface area contributed by atoms with Gasteiger partial charge in [-0.3, -0.25) is 0 Å². The fourth-order valence-corrected chi connectivity index (χ4v) is 2.90. The highest BCUT2D eigenvalue weighted by molar-refractivity contribution is 5.28. The fourth-order valence-electron chi connectivity index (χ4n) is 2.90. The molecule has 2 heterocycles. The smallest absolute Gasteiger partial charge is 0.203 e.